The minimum Gasteiger partial charge on any atom is -0.276 e. The summed E-state index contributed by atoms with van der Waals surface area (Å²) < 4.78 is 1.80. The second-order valence-corrected chi connectivity index (χ2v) is 4.40. The van der Waals surface area contributed by atoms with Gasteiger partial charge in [0, 0.05) is 24.5 Å². The summed E-state index contributed by atoms with van der Waals surface area (Å²) in [6.45, 7) is 0. The quantitative estimate of drug-likeness (QED) is 0.604. The van der Waals surface area contributed by atoms with Gasteiger partial charge in [-0.2, -0.15) is 5.10 Å². The average Bonchev–Trinajstić information content (AvgIpc) is 2.85. The van der Waals surface area contributed by atoms with Crippen LogP contribution in [-0.2, 0) is 13.5 Å². The highest BCUT2D eigenvalue weighted by atomic mass is 32.1. The van der Waals surface area contributed by atoms with E-state index in [1.165, 1.54) is 4.88 Å². The van der Waals surface area contributed by atoms with Crippen LogP contribution in [0.15, 0.2) is 29.8 Å². The summed E-state index contributed by atoms with van der Waals surface area (Å²) in [7, 11) is 1.92. The van der Waals surface area contributed by atoms with Gasteiger partial charge >= 0.3 is 0 Å². The smallest absolute Gasteiger partial charge is 0.0644 e. The van der Waals surface area contributed by atoms with E-state index < -0.39 is 0 Å². The van der Waals surface area contributed by atoms with Gasteiger partial charge in [0.2, 0.25) is 0 Å². The van der Waals surface area contributed by atoms with Crippen LogP contribution in [0.1, 0.15) is 16.6 Å². The third-order valence-electron chi connectivity index (χ3n) is 2.27. The van der Waals surface area contributed by atoms with Gasteiger partial charge in [-0.15, -0.1) is 11.3 Å². The molecule has 0 amide bonds. The number of hydrazine groups is 1. The van der Waals surface area contributed by atoms with E-state index in [9.17, 15) is 0 Å². The van der Waals surface area contributed by atoms with E-state index >= 15 is 0 Å². The Balaban J connectivity index is 2.09. The third-order valence-corrected chi connectivity index (χ3v) is 3.26. The molecule has 4 nitrogen and oxygen atoms in total. The zero-order chi connectivity index (χ0) is 10.7. The van der Waals surface area contributed by atoms with Crippen LogP contribution >= 0.6 is 11.3 Å². The lowest BCUT2D eigenvalue weighted by Gasteiger charge is -2.12. The van der Waals surface area contributed by atoms with Crippen LogP contribution in [0.25, 0.3) is 0 Å². The fraction of sp³-hybridized carbons (Fsp3) is 0.300. The van der Waals surface area contributed by atoms with Crippen LogP contribution in [0.4, 0.5) is 0 Å². The van der Waals surface area contributed by atoms with Crippen molar-refractivity contribution in [1.82, 2.24) is 15.2 Å². The van der Waals surface area contributed by atoms with Crippen molar-refractivity contribution in [3.05, 3.63) is 40.3 Å². The third kappa shape index (κ3) is 2.44. The van der Waals surface area contributed by atoms with Gasteiger partial charge in [-0.05, 0) is 17.5 Å². The molecule has 2 rings (SSSR count). The molecule has 15 heavy (non-hydrogen) atoms. The molecule has 0 radical (unpaired) electrons. The molecule has 0 aliphatic carbocycles. The second kappa shape index (κ2) is 4.57. The molecule has 2 aromatic rings. The number of aryl methyl sites for hydroxylation is 1. The number of nitrogens with two attached hydrogens (primary N) is 1. The van der Waals surface area contributed by atoms with Crippen LogP contribution in [0.3, 0.4) is 0 Å². The summed E-state index contributed by atoms with van der Waals surface area (Å²) in [6, 6.07) is 6.28. The number of thiophene rings is 1. The molecular weight excluding hydrogens is 208 g/mol. The number of nitrogens with zero attached hydrogens (tertiary/aromatic N) is 2. The van der Waals surface area contributed by atoms with Crippen molar-refractivity contribution in [2.45, 2.75) is 12.5 Å². The van der Waals surface area contributed by atoms with E-state index in [1.54, 1.807) is 16.0 Å². The number of hydrogen-bond acceptors (Lipinski definition) is 4. The van der Waals surface area contributed by atoms with Crippen LogP contribution in [-0.4, -0.2) is 9.78 Å². The van der Waals surface area contributed by atoms with E-state index in [1.807, 2.05) is 25.4 Å². The molecule has 0 spiro atoms. The molecule has 0 fully saturated rings. The van der Waals surface area contributed by atoms with Gasteiger partial charge in [-0.3, -0.25) is 16.0 Å². The Morgan fingerprint density at radius 3 is 3.00 bits per heavy atom. The lowest BCUT2D eigenvalue weighted by atomic mass is 10.1. The molecule has 2 heterocycles. The lowest BCUT2D eigenvalue weighted by molar-refractivity contribution is 0.549. The minimum absolute atomic E-state index is 0.153. The van der Waals surface area contributed by atoms with Crippen molar-refractivity contribution in [1.29, 1.82) is 0 Å². The maximum Gasteiger partial charge on any atom is 0.0644 e. The van der Waals surface area contributed by atoms with Crippen molar-refractivity contribution >= 4 is 11.3 Å². The fourth-order valence-corrected chi connectivity index (χ4v) is 2.30. The SMILES string of the molecule is Cn1ccc(CC(NN)c2cccs2)n1. The number of aromatic nitrogens is 2. The first kappa shape index (κ1) is 10.4. The maximum absolute atomic E-state index is 5.54. The van der Waals surface area contributed by atoms with Crippen molar-refractivity contribution < 1.29 is 0 Å². The first-order chi connectivity index (χ1) is 7.29. The Bertz CT molecular complexity index is 407. The summed E-state index contributed by atoms with van der Waals surface area (Å²) in [5.74, 6) is 5.54. The molecule has 3 N–H and O–H groups in total. The normalized spacial score (nSPS) is 12.9. The van der Waals surface area contributed by atoms with Crippen molar-refractivity contribution in [3.63, 3.8) is 0 Å². The Hall–Kier alpha value is -1.17. The summed E-state index contributed by atoms with van der Waals surface area (Å²) in [6.07, 6.45) is 2.76. The molecule has 1 unspecified atom stereocenters. The molecule has 2 aromatic heterocycles. The predicted molar refractivity (Wildman–Crippen MR) is 61.3 cm³/mol. The summed E-state index contributed by atoms with van der Waals surface area (Å²) in [5.41, 5.74) is 3.87. The molecule has 0 aromatic carbocycles. The highest BCUT2D eigenvalue weighted by molar-refractivity contribution is 7.10. The fourth-order valence-electron chi connectivity index (χ4n) is 1.51. The highest BCUT2D eigenvalue weighted by Crippen LogP contribution is 2.21. The molecule has 0 bridgehead atoms. The van der Waals surface area contributed by atoms with Gasteiger partial charge in [0.15, 0.2) is 0 Å². The Morgan fingerprint density at radius 2 is 2.47 bits per heavy atom. The monoisotopic (exact) mass is 222 g/mol. The number of rotatable bonds is 4. The molecule has 0 saturated carbocycles. The summed E-state index contributed by atoms with van der Waals surface area (Å²) >= 11 is 1.70. The van der Waals surface area contributed by atoms with Crippen molar-refractivity contribution in [2.75, 3.05) is 0 Å². The minimum atomic E-state index is 0.153. The largest absolute Gasteiger partial charge is 0.276 e. The summed E-state index contributed by atoms with van der Waals surface area (Å²) in [5, 5.41) is 6.39. The topological polar surface area (TPSA) is 55.9 Å². The van der Waals surface area contributed by atoms with Crippen molar-refractivity contribution in [2.24, 2.45) is 12.9 Å². The maximum atomic E-state index is 5.54. The standard InChI is InChI=1S/C10H14N4S/c1-14-5-4-8(13-14)7-9(12-11)10-3-2-6-15-10/h2-6,9,12H,7,11H2,1H3. The Labute approximate surface area is 92.7 Å². The molecule has 80 valence electrons. The van der Waals surface area contributed by atoms with Crippen LogP contribution in [0.2, 0.25) is 0 Å². The zero-order valence-electron chi connectivity index (χ0n) is 8.55. The predicted octanol–water partition coefficient (Wildman–Crippen LogP) is 1.23. The van der Waals surface area contributed by atoms with Crippen LogP contribution in [0, 0.1) is 0 Å². The van der Waals surface area contributed by atoms with E-state index in [0.29, 0.717) is 0 Å². The van der Waals surface area contributed by atoms with Gasteiger partial charge in [0.1, 0.15) is 0 Å². The molecule has 0 aliphatic heterocycles. The second-order valence-electron chi connectivity index (χ2n) is 3.42. The molecule has 5 heteroatoms. The van der Waals surface area contributed by atoms with Crippen LogP contribution in [0.5, 0.6) is 0 Å². The van der Waals surface area contributed by atoms with E-state index in [2.05, 4.69) is 22.0 Å². The van der Waals surface area contributed by atoms with E-state index in [0.717, 1.165) is 12.1 Å². The number of hydrogen-bond donors (Lipinski definition) is 2. The molecule has 1 atom stereocenters. The lowest BCUT2D eigenvalue weighted by Crippen LogP contribution is -2.29. The van der Waals surface area contributed by atoms with Gasteiger partial charge < -0.3 is 0 Å². The Morgan fingerprint density at radius 1 is 1.60 bits per heavy atom. The first-order valence-electron chi connectivity index (χ1n) is 4.77. The van der Waals surface area contributed by atoms with E-state index in [4.69, 9.17) is 5.84 Å². The Kier molecular flexibility index (Phi) is 3.15. The van der Waals surface area contributed by atoms with Gasteiger partial charge in [-0.1, -0.05) is 6.07 Å². The van der Waals surface area contributed by atoms with Gasteiger partial charge in [0.05, 0.1) is 11.7 Å². The van der Waals surface area contributed by atoms with Gasteiger partial charge in [-0.25, -0.2) is 0 Å². The number of nitrogens with one attached hydrogen (secondary N) is 1. The zero-order valence-corrected chi connectivity index (χ0v) is 9.37. The first-order valence-corrected chi connectivity index (χ1v) is 5.65. The highest BCUT2D eigenvalue weighted by Gasteiger charge is 2.12. The van der Waals surface area contributed by atoms with Gasteiger partial charge in [0.25, 0.3) is 0 Å². The van der Waals surface area contributed by atoms with Crippen LogP contribution < -0.4 is 11.3 Å². The summed E-state index contributed by atoms with van der Waals surface area (Å²) in [4.78, 5) is 1.24. The van der Waals surface area contributed by atoms with Crippen molar-refractivity contribution in [3.8, 4) is 0 Å². The molecular formula is C10H14N4S. The molecule has 0 aliphatic rings. The molecule has 0 saturated heterocycles. The van der Waals surface area contributed by atoms with E-state index in [-0.39, 0.29) is 6.04 Å². The average molecular weight is 222 g/mol.